The molecule has 6 heteroatoms. The van der Waals surface area contributed by atoms with E-state index in [1.807, 2.05) is 24.3 Å². The molecule has 0 atom stereocenters. The molecule has 0 saturated carbocycles. The van der Waals surface area contributed by atoms with Crippen LogP contribution in [0.2, 0.25) is 0 Å². The Hall–Kier alpha value is -3.02. The first-order chi connectivity index (χ1) is 11.6. The van der Waals surface area contributed by atoms with Gasteiger partial charge in [0.05, 0.1) is 26.3 Å². The highest BCUT2D eigenvalue weighted by Gasteiger charge is 2.07. The molecule has 0 bridgehead atoms. The number of anilines is 1. The van der Waals surface area contributed by atoms with Gasteiger partial charge in [0.2, 0.25) is 5.91 Å². The summed E-state index contributed by atoms with van der Waals surface area (Å²) < 4.78 is 9.91. The second kappa shape index (κ2) is 8.57. The zero-order valence-electron chi connectivity index (χ0n) is 13.7. The zero-order valence-corrected chi connectivity index (χ0v) is 13.7. The number of hydrogen-bond acceptors (Lipinski definition) is 5. The molecule has 2 aromatic rings. The summed E-state index contributed by atoms with van der Waals surface area (Å²) in [6.07, 6.45) is 0. The van der Waals surface area contributed by atoms with Crippen LogP contribution in [0.5, 0.6) is 5.75 Å². The number of carbonyl (C=O) groups is 2. The summed E-state index contributed by atoms with van der Waals surface area (Å²) in [6.45, 7) is 0.479. The van der Waals surface area contributed by atoms with Gasteiger partial charge >= 0.3 is 5.97 Å². The monoisotopic (exact) mass is 328 g/mol. The van der Waals surface area contributed by atoms with E-state index in [2.05, 4.69) is 15.4 Å². The van der Waals surface area contributed by atoms with E-state index in [1.54, 1.807) is 31.4 Å². The van der Waals surface area contributed by atoms with Crippen molar-refractivity contribution in [1.82, 2.24) is 5.32 Å². The molecule has 0 spiro atoms. The Morgan fingerprint density at radius 3 is 2.58 bits per heavy atom. The third-order valence-corrected chi connectivity index (χ3v) is 3.41. The molecule has 0 saturated heterocycles. The van der Waals surface area contributed by atoms with Gasteiger partial charge in [0.1, 0.15) is 5.75 Å². The first-order valence-corrected chi connectivity index (χ1v) is 7.45. The molecule has 2 rings (SSSR count). The van der Waals surface area contributed by atoms with Crippen molar-refractivity contribution in [2.75, 3.05) is 26.1 Å². The molecule has 0 aromatic heterocycles. The second-order valence-electron chi connectivity index (χ2n) is 5.01. The molecule has 2 aromatic carbocycles. The molecule has 0 aliphatic carbocycles. The van der Waals surface area contributed by atoms with Crippen molar-refractivity contribution in [1.29, 1.82) is 0 Å². The van der Waals surface area contributed by atoms with E-state index in [9.17, 15) is 9.59 Å². The maximum atomic E-state index is 12.0. The Labute approximate surface area is 140 Å². The van der Waals surface area contributed by atoms with Crippen molar-refractivity contribution in [3.8, 4) is 5.75 Å². The summed E-state index contributed by atoms with van der Waals surface area (Å²) in [6, 6.07) is 14.3. The van der Waals surface area contributed by atoms with E-state index < -0.39 is 5.97 Å². The number of esters is 1. The Balaban J connectivity index is 1.86. The van der Waals surface area contributed by atoms with Crippen LogP contribution in [0.4, 0.5) is 5.69 Å². The predicted octanol–water partition coefficient (Wildman–Crippen LogP) is 2.21. The minimum atomic E-state index is -0.417. The molecule has 6 nitrogen and oxygen atoms in total. The number of amides is 1. The molecule has 1 amide bonds. The van der Waals surface area contributed by atoms with Crippen LogP contribution < -0.4 is 15.4 Å². The molecule has 126 valence electrons. The largest absolute Gasteiger partial charge is 0.496 e. The number of carbonyl (C=O) groups excluding carboxylic acids is 2. The minimum absolute atomic E-state index is 0.0970. The van der Waals surface area contributed by atoms with Crippen LogP contribution in [0, 0.1) is 0 Å². The number of hydrogen-bond donors (Lipinski definition) is 2. The number of para-hydroxylation sites is 1. The SMILES string of the molecule is COC(=O)c1cccc(NCC(=O)NCc2ccccc2OC)c1. The fraction of sp³-hybridized carbons (Fsp3) is 0.222. The minimum Gasteiger partial charge on any atom is -0.496 e. The average Bonchev–Trinajstić information content (AvgIpc) is 2.64. The van der Waals surface area contributed by atoms with Crippen LogP contribution in [0.15, 0.2) is 48.5 Å². The third-order valence-electron chi connectivity index (χ3n) is 3.41. The Morgan fingerprint density at radius 1 is 1.04 bits per heavy atom. The van der Waals surface area contributed by atoms with Gasteiger partial charge in [-0.15, -0.1) is 0 Å². The Bertz CT molecular complexity index is 716. The first kappa shape index (κ1) is 17.3. The number of rotatable bonds is 7. The van der Waals surface area contributed by atoms with Crippen LogP contribution in [0.1, 0.15) is 15.9 Å². The van der Waals surface area contributed by atoms with Crippen molar-refractivity contribution in [2.45, 2.75) is 6.54 Å². The molecule has 0 radical (unpaired) electrons. The van der Waals surface area contributed by atoms with Crippen LogP contribution in [0.25, 0.3) is 0 Å². The van der Waals surface area contributed by atoms with Gasteiger partial charge in [0, 0.05) is 17.8 Å². The van der Waals surface area contributed by atoms with Crippen molar-refractivity contribution >= 4 is 17.6 Å². The number of ether oxygens (including phenoxy) is 2. The predicted molar refractivity (Wildman–Crippen MR) is 91.1 cm³/mol. The van der Waals surface area contributed by atoms with E-state index >= 15 is 0 Å². The van der Waals surface area contributed by atoms with Crippen molar-refractivity contribution < 1.29 is 19.1 Å². The lowest BCUT2D eigenvalue weighted by Crippen LogP contribution is -2.29. The lowest BCUT2D eigenvalue weighted by Gasteiger charge is -2.11. The molecule has 0 aliphatic rings. The van der Waals surface area contributed by atoms with Gasteiger partial charge in [0.15, 0.2) is 0 Å². The van der Waals surface area contributed by atoms with Gasteiger partial charge in [-0.2, -0.15) is 0 Å². The maximum absolute atomic E-state index is 12.0. The lowest BCUT2D eigenvalue weighted by molar-refractivity contribution is -0.119. The molecule has 24 heavy (non-hydrogen) atoms. The van der Waals surface area contributed by atoms with E-state index in [0.29, 0.717) is 17.8 Å². The van der Waals surface area contributed by atoms with Gasteiger partial charge in [0.25, 0.3) is 0 Å². The maximum Gasteiger partial charge on any atom is 0.337 e. The molecule has 0 unspecified atom stereocenters. The molecule has 0 aliphatic heterocycles. The second-order valence-corrected chi connectivity index (χ2v) is 5.01. The summed E-state index contributed by atoms with van der Waals surface area (Å²) in [7, 11) is 2.92. The quantitative estimate of drug-likeness (QED) is 0.762. The summed E-state index contributed by atoms with van der Waals surface area (Å²) in [5.74, 6) is 0.153. The van der Waals surface area contributed by atoms with E-state index in [1.165, 1.54) is 7.11 Å². The molecule has 2 N–H and O–H groups in total. The van der Waals surface area contributed by atoms with E-state index in [4.69, 9.17) is 4.74 Å². The normalized spacial score (nSPS) is 9.92. The standard InChI is InChI=1S/C18H20N2O4/c1-23-16-9-4-3-6-14(16)11-20-17(21)12-19-15-8-5-7-13(10-15)18(22)24-2/h3-10,19H,11-12H2,1-2H3,(H,20,21). The topological polar surface area (TPSA) is 76.7 Å². The van der Waals surface area contributed by atoms with Crippen molar-refractivity contribution in [3.63, 3.8) is 0 Å². The summed E-state index contributed by atoms with van der Waals surface area (Å²) >= 11 is 0. The van der Waals surface area contributed by atoms with Gasteiger partial charge < -0.3 is 20.1 Å². The van der Waals surface area contributed by atoms with E-state index in [0.717, 1.165) is 11.3 Å². The van der Waals surface area contributed by atoms with Gasteiger partial charge in [-0.3, -0.25) is 4.79 Å². The smallest absolute Gasteiger partial charge is 0.337 e. The van der Waals surface area contributed by atoms with E-state index in [-0.39, 0.29) is 12.5 Å². The van der Waals surface area contributed by atoms with Crippen LogP contribution in [-0.4, -0.2) is 32.6 Å². The van der Waals surface area contributed by atoms with Crippen molar-refractivity contribution in [2.24, 2.45) is 0 Å². The summed E-state index contributed by atoms with van der Waals surface area (Å²) in [5, 5.41) is 5.80. The Kier molecular flexibility index (Phi) is 6.19. The number of benzene rings is 2. The first-order valence-electron chi connectivity index (χ1n) is 7.45. The van der Waals surface area contributed by atoms with Crippen LogP contribution in [0.3, 0.4) is 0 Å². The fourth-order valence-corrected chi connectivity index (χ4v) is 2.16. The summed E-state index contributed by atoms with van der Waals surface area (Å²) in [5.41, 5.74) is 2.00. The molecular weight excluding hydrogens is 308 g/mol. The van der Waals surface area contributed by atoms with Gasteiger partial charge in [-0.05, 0) is 24.3 Å². The van der Waals surface area contributed by atoms with Gasteiger partial charge in [-0.1, -0.05) is 24.3 Å². The Morgan fingerprint density at radius 2 is 1.83 bits per heavy atom. The fourth-order valence-electron chi connectivity index (χ4n) is 2.16. The lowest BCUT2D eigenvalue weighted by atomic mass is 10.2. The number of methoxy groups -OCH3 is 2. The van der Waals surface area contributed by atoms with Crippen LogP contribution >= 0.6 is 0 Å². The third kappa shape index (κ3) is 4.74. The molecular formula is C18H20N2O4. The highest BCUT2D eigenvalue weighted by molar-refractivity contribution is 5.90. The number of nitrogens with one attached hydrogen (secondary N) is 2. The van der Waals surface area contributed by atoms with Gasteiger partial charge in [-0.25, -0.2) is 4.79 Å². The van der Waals surface area contributed by atoms with Crippen molar-refractivity contribution in [3.05, 3.63) is 59.7 Å². The van der Waals surface area contributed by atoms with Crippen LogP contribution in [-0.2, 0) is 16.1 Å². The molecule has 0 heterocycles. The highest BCUT2D eigenvalue weighted by atomic mass is 16.5. The zero-order chi connectivity index (χ0) is 17.4. The highest BCUT2D eigenvalue weighted by Crippen LogP contribution is 2.16. The summed E-state index contributed by atoms with van der Waals surface area (Å²) in [4.78, 5) is 23.4. The molecule has 0 fully saturated rings. The average molecular weight is 328 g/mol.